The van der Waals surface area contributed by atoms with E-state index in [0.29, 0.717) is 18.7 Å². The molecular weight excluding hydrogens is 344 g/mol. The molecule has 6 nitrogen and oxygen atoms in total. The van der Waals surface area contributed by atoms with Crippen molar-refractivity contribution in [1.82, 2.24) is 0 Å². The van der Waals surface area contributed by atoms with Crippen molar-refractivity contribution in [2.24, 2.45) is 5.41 Å². The number of ether oxygens (including phenoxy) is 1. The van der Waals surface area contributed by atoms with Crippen LogP contribution in [0.25, 0.3) is 0 Å². The van der Waals surface area contributed by atoms with Crippen molar-refractivity contribution in [3.8, 4) is 5.75 Å². The van der Waals surface area contributed by atoms with Crippen LogP contribution >= 0.6 is 0 Å². The molecule has 0 saturated carbocycles. The van der Waals surface area contributed by atoms with Crippen LogP contribution in [0.5, 0.6) is 5.75 Å². The summed E-state index contributed by atoms with van der Waals surface area (Å²) < 4.78 is 5.85. The first-order chi connectivity index (χ1) is 12.7. The Kier molecular flexibility index (Phi) is 6.55. The van der Waals surface area contributed by atoms with Gasteiger partial charge in [0, 0.05) is 23.2 Å². The molecule has 1 N–H and O–H groups in total. The lowest BCUT2D eigenvalue weighted by Crippen LogP contribution is -2.31. The van der Waals surface area contributed by atoms with Crippen molar-refractivity contribution in [3.05, 3.63) is 63.7 Å². The summed E-state index contributed by atoms with van der Waals surface area (Å²) in [5.41, 5.74) is 1.99. The van der Waals surface area contributed by atoms with Crippen LogP contribution in [0.15, 0.2) is 42.5 Å². The molecular formula is C21H26N2O4. The average Bonchev–Trinajstić information content (AvgIpc) is 2.61. The quantitative estimate of drug-likeness (QED) is 0.401. The van der Waals surface area contributed by atoms with Gasteiger partial charge in [-0.3, -0.25) is 14.9 Å². The number of nitrogens with one attached hydrogen (secondary N) is 1. The monoisotopic (exact) mass is 370 g/mol. The first-order valence-corrected chi connectivity index (χ1v) is 8.95. The Morgan fingerprint density at radius 2 is 1.93 bits per heavy atom. The molecule has 0 heterocycles. The first kappa shape index (κ1) is 20.4. The normalized spacial score (nSPS) is 11.1. The molecule has 2 rings (SSSR count). The van der Waals surface area contributed by atoms with Crippen molar-refractivity contribution in [1.29, 1.82) is 0 Å². The van der Waals surface area contributed by atoms with Gasteiger partial charge in [0.1, 0.15) is 5.75 Å². The van der Waals surface area contributed by atoms with Gasteiger partial charge in [0.15, 0.2) is 0 Å². The highest BCUT2D eigenvalue weighted by molar-refractivity contribution is 5.95. The molecule has 0 saturated heterocycles. The second kappa shape index (κ2) is 8.66. The Balaban J connectivity index is 1.88. The number of amides is 1. The predicted molar refractivity (Wildman–Crippen MR) is 106 cm³/mol. The first-order valence-electron chi connectivity index (χ1n) is 8.95. The van der Waals surface area contributed by atoms with E-state index in [4.69, 9.17) is 4.74 Å². The number of nitro benzene ring substituents is 1. The fourth-order valence-corrected chi connectivity index (χ4v) is 2.67. The SMILES string of the molecule is Cc1ccc(C)c(OCCCC(C)(C)C(=O)Nc2cccc([N+](=O)[O-])c2)c1. The van der Waals surface area contributed by atoms with Crippen LogP contribution in [0.2, 0.25) is 0 Å². The number of anilines is 1. The van der Waals surface area contributed by atoms with Gasteiger partial charge in [-0.2, -0.15) is 0 Å². The summed E-state index contributed by atoms with van der Waals surface area (Å²) in [6.45, 7) is 8.27. The highest BCUT2D eigenvalue weighted by atomic mass is 16.6. The number of aryl methyl sites for hydroxylation is 2. The second-order valence-electron chi connectivity index (χ2n) is 7.37. The van der Waals surface area contributed by atoms with Gasteiger partial charge < -0.3 is 10.1 Å². The molecule has 0 aromatic heterocycles. The summed E-state index contributed by atoms with van der Waals surface area (Å²) in [7, 11) is 0. The Bertz CT molecular complexity index is 831. The van der Waals surface area contributed by atoms with Crippen molar-refractivity contribution >= 4 is 17.3 Å². The number of nitrogens with zero attached hydrogens (tertiary/aromatic N) is 1. The molecule has 6 heteroatoms. The summed E-state index contributed by atoms with van der Waals surface area (Å²) in [4.78, 5) is 22.9. The van der Waals surface area contributed by atoms with Crippen molar-refractivity contribution < 1.29 is 14.5 Å². The van der Waals surface area contributed by atoms with E-state index in [1.54, 1.807) is 12.1 Å². The molecule has 0 unspecified atom stereocenters. The topological polar surface area (TPSA) is 81.5 Å². The maximum atomic E-state index is 12.6. The third-order valence-electron chi connectivity index (χ3n) is 4.48. The van der Waals surface area contributed by atoms with E-state index in [9.17, 15) is 14.9 Å². The van der Waals surface area contributed by atoms with Crippen molar-refractivity contribution in [2.75, 3.05) is 11.9 Å². The van der Waals surface area contributed by atoms with Gasteiger partial charge in [0.25, 0.3) is 5.69 Å². The van der Waals surface area contributed by atoms with Gasteiger partial charge in [-0.15, -0.1) is 0 Å². The summed E-state index contributed by atoms with van der Waals surface area (Å²) >= 11 is 0. The number of carbonyl (C=O) groups excluding carboxylic acids is 1. The molecule has 0 fully saturated rings. The zero-order valence-corrected chi connectivity index (χ0v) is 16.2. The van der Waals surface area contributed by atoms with Crippen molar-refractivity contribution in [2.45, 2.75) is 40.5 Å². The molecule has 1 amide bonds. The van der Waals surface area contributed by atoms with E-state index in [-0.39, 0.29) is 11.6 Å². The molecule has 0 atom stereocenters. The van der Waals surface area contributed by atoms with Crippen LogP contribution in [0, 0.1) is 29.4 Å². The smallest absolute Gasteiger partial charge is 0.271 e. The zero-order valence-electron chi connectivity index (χ0n) is 16.2. The number of hydrogen-bond donors (Lipinski definition) is 1. The summed E-state index contributed by atoms with van der Waals surface area (Å²) in [5.74, 6) is 0.698. The molecule has 2 aromatic carbocycles. The minimum Gasteiger partial charge on any atom is -0.493 e. The molecule has 0 aliphatic heterocycles. The van der Waals surface area contributed by atoms with Gasteiger partial charge in [-0.1, -0.05) is 32.0 Å². The highest BCUT2D eigenvalue weighted by Gasteiger charge is 2.27. The summed E-state index contributed by atoms with van der Waals surface area (Å²) in [5, 5.41) is 13.6. The van der Waals surface area contributed by atoms with Crippen LogP contribution in [0.3, 0.4) is 0 Å². The summed E-state index contributed by atoms with van der Waals surface area (Å²) in [6.07, 6.45) is 1.36. The minimum absolute atomic E-state index is 0.0486. The fourth-order valence-electron chi connectivity index (χ4n) is 2.67. The van der Waals surface area contributed by atoms with Gasteiger partial charge in [0.2, 0.25) is 5.91 Å². The van der Waals surface area contributed by atoms with E-state index in [2.05, 4.69) is 5.32 Å². The Morgan fingerprint density at radius 3 is 2.63 bits per heavy atom. The van der Waals surface area contributed by atoms with E-state index in [1.807, 2.05) is 45.9 Å². The fraction of sp³-hybridized carbons (Fsp3) is 0.381. The number of nitro groups is 1. The molecule has 2 aromatic rings. The molecule has 27 heavy (non-hydrogen) atoms. The zero-order chi connectivity index (χ0) is 20.0. The lowest BCUT2D eigenvalue weighted by atomic mass is 9.87. The lowest BCUT2D eigenvalue weighted by molar-refractivity contribution is -0.384. The Morgan fingerprint density at radius 1 is 1.19 bits per heavy atom. The standard InChI is InChI=1S/C21H26N2O4/c1-15-9-10-16(2)19(13-15)27-12-6-11-21(3,4)20(24)22-17-7-5-8-18(14-17)23(25)26/h5,7-10,13-14H,6,11-12H2,1-4H3,(H,22,24). The lowest BCUT2D eigenvalue weighted by Gasteiger charge is -2.23. The number of hydrogen-bond acceptors (Lipinski definition) is 4. The van der Waals surface area contributed by atoms with Crippen LogP contribution < -0.4 is 10.1 Å². The van der Waals surface area contributed by atoms with Gasteiger partial charge in [-0.05, 0) is 49.9 Å². The highest BCUT2D eigenvalue weighted by Crippen LogP contribution is 2.26. The van der Waals surface area contributed by atoms with E-state index in [0.717, 1.165) is 23.3 Å². The van der Waals surface area contributed by atoms with E-state index < -0.39 is 10.3 Å². The second-order valence-corrected chi connectivity index (χ2v) is 7.37. The number of benzene rings is 2. The molecule has 0 bridgehead atoms. The number of rotatable bonds is 8. The van der Waals surface area contributed by atoms with E-state index in [1.165, 1.54) is 12.1 Å². The van der Waals surface area contributed by atoms with Gasteiger partial charge in [-0.25, -0.2) is 0 Å². The molecule has 0 radical (unpaired) electrons. The predicted octanol–water partition coefficient (Wildman–Crippen LogP) is 5.04. The maximum absolute atomic E-state index is 12.6. The number of non-ortho nitro benzene ring substituents is 1. The largest absolute Gasteiger partial charge is 0.493 e. The van der Waals surface area contributed by atoms with Crippen LogP contribution in [-0.4, -0.2) is 17.4 Å². The van der Waals surface area contributed by atoms with Gasteiger partial charge >= 0.3 is 0 Å². The number of carbonyl (C=O) groups is 1. The Hall–Kier alpha value is -2.89. The maximum Gasteiger partial charge on any atom is 0.271 e. The summed E-state index contributed by atoms with van der Waals surface area (Å²) in [6, 6.07) is 12.0. The molecule has 144 valence electrons. The van der Waals surface area contributed by atoms with Crippen LogP contribution in [-0.2, 0) is 4.79 Å². The van der Waals surface area contributed by atoms with Crippen LogP contribution in [0.4, 0.5) is 11.4 Å². The van der Waals surface area contributed by atoms with Crippen molar-refractivity contribution in [3.63, 3.8) is 0 Å². The van der Waals surface area contributed by atoms with Gasteiger partial charge in [0.05, 0.1) is 11.5 Å². The average molecular weight is 370 g/mol. The molecule has 0 spiro atoms. The Labute approximate surface area is 159 Å². The van der Waals surface area contributed by atoms with Crippen LogP contribution in [0.1, 0.15) is 37.8 Å². The third-order valence-corrected chi connectivity index (χ3v) is 4.48. The molecule has 0 aliphatic rings. The third kappa shape index (κ3) is 5.81. The molecule has 0 aliphatic carbocycles. The van der Waals surface area contributed by atoms with E-state index >= 15 is 0 Å². The minimum atomic E-state index is -0.615.